The van der Waals surface area contributed by atoms with E-state index < -0.39 is 23.7 Å². The standard InChI is InChI=1S/C30H29NO7/c1-18(2)17-38-23-13-11-20(12-14-23)27(32)25-26(22-5-4-6-24(15-22)37-3)31(29(34)28(25)33)16-19-7-9-21(10-8-19)30(35)36/h4-15,18,26,32H,16-17H2,1-3H3,(H,35,36)/b27-25+. The Morgan fingerprint density at radius 1 is 0.921 bits per heavy atom. The molecule has 1 fully saturated rings. The van der Waals surface area contributed by atoms with E-state index in [4.69, 9.17) is 9.47 Å². The molecule has 1 heterocycles. The van der Waals surface area contributed by atoms with E-state index in [1.54, 1.807) is 60.7 Å². The Labute approximate surface area is 220 Å². The number of aliphatic hydroxyl groups is 1. The van der Waals surface area contributed by atoms with Gasteiger partial charge in [0.25, 0.3) is 11.7 Å². The lowest BCUT2D eigenvalue weighted by Crippen LogP contribution is -2.29. The molecule has 1 atom stereocenters. The number of ether oxygens (including phenoxy) is 2. The topological polar surface area (TPSA) is 113 Å². The van der Waals surface area contributed by atoms with Gasteiger partial charge in [0.15, 0.2) is 0 Å². The summed E-state index contributed by atoms with van der Waals surface area (Å²) in [5.41, 5.74) is 1.67. The van der Waals surface area contributed by atoms with E-state index in [2.05, 4.69) is 0 Å². The number of carbonyl (C=O) groups is 3. The van der Waals surface area contributed by atoms with E-state index in [0.717, 1.165) is 0 Å². The molecule has 3 aromatic carbocycles. The SMILES string of the molecule is COc1cccc(C2/C(=C(\O)c3ccc(OCC(C)C)cc3)C(=O)C(=O)N2Cc2ccc(C(=O)O)cc2)c1. The highest BCUT2D eigenvalue weighted by Gasteiger charge is 2.46. The number of carboxylic acids is 1. The maximum absolute atomic E-state index is 13.3. The minimum atomic E-state index is -1.06. The number of benzene rings is 3. The van der Waals surface area contributed by atoms with Crippen molar-refractivity contribution in [3.63, 3.8) is 0 Å². The molecule has 4 rings (SSSR count). The molecule has 38 heavy (non-hydrogen) atoms. The second kappa shape index (κ2) is 11.2. The summed E-state index contributed by atoms with van der Waals surface area (Å²) in [5, 5.41) is 20.5. The number of hydrogen-bond acceptors (Lipinski definition) is 6. The van der Waals surface area contributed by atoms with E-state index in [-0.39, 0.29) is 23.4 Å². The van der Waals surface area contributed by atoms with E-state index in [9.17, 15) is 24.6 Å². The van der Waals surface area contributed by atoms with Crippen LogP contribution in [0.5, 0.6) is 11.5 Å². The van der Waals surface area contributed by atoms with Crippen LogP contribution in [0.3, 0.4) is 0 Å². The Kier molecular flexibility index (Phi) is 7.81. The monoisotopic (exact) mass is 515 g/mol. The van der Waals surface area contributed by atoms with Crippen LogP contribution >= 0.6 is 0 Å². The molecule has 1 amide bonds. The number of ketones is 1. The molecule has 1 aliphatic rings. The first-order valence-electron chi connectivity index (χ1n) is 12.2. The number of hydrogen-bond donors (Lipinski definition) is 2. The van der Waals surface area contributed by atoms with Gasteiger partial charge >= 0.3 is 5.97 Å². The van der Waals surface area contributed by atoms with Crippen molar-refractivity contribution in [2.45, 2.75) is 26.4 Å². The van der Waals surface area contributed by atoms with Crippen molar-refractivity contribution in [3.8, 4) is 11.5 Å². The predicted molar refractivity (Wildman–Crippen MR) is 141 cm³/mol. The highest BCUT2D eigenvalue weighted by atomic mass is 16.5. The fourth-order valence-corrected chi connectivity index (χ4v) is 4.28. The Hall–Kier alpha value is -4.59. The molecule has 0 spiro atoms. The third-order valence-electron chi connectivity index (χ3n) is 6.21. The van der Waals surface area contributed by atoms with E-state index in [1.165, 1.54) is 24.1 Å². The second-order valence-corrected chi connectivity index (χ2v) is 9.43. The van der Waals surface area contributed by atoms with Crippen molar-refractivity contribution in [2.75, 3.05) is 13.7 Å². The molecule has 0 radical (unpaired) electrons. The largest absolute Gasteiger partial charge is 0.507 e. The summed E-state index contributed by atoms with van der Waals surface area (Å²) in [7, 11) is 1.52. The van der Waals surface area contributed by atoms with Crippen LogP contribution in [-0.4, -0.2) is 46.5 Å². The van der Waals surface area contributed by atoms with Gasteiger partial charge in [-0.3, -0.25) is 9.59 Å². The van der Waals surface area contributed by atoms with Gasteiger partial charge in [0.2, 0.25) is 0 Å². The molecular weight excluding hydrogens is 486 g/mol. The van der Waals surface area contributed by atoms with Gasteiger partial charge in [0.1, 0.15) is 17.3 Å². The number of Topliss-reactive ketones (excluding diaryl/α,β-unsaturated/α-hetero) is 1. The molecule has 2 N–H and O–H groups in total. The van der Waals surface area contributed by atoms with Gasteiger partial charge in [-0.1, -0.05) is 38.1 Å². The van der Waals surface area contributed by atoms with Crippen molar-refractivity contribution >= 4 is 23.4 Å². The number of rotatable bonds is 9. The smallest absolute Gasteiger partial charge is 0.335 e. The minimum absolute atomic E-state index is 0.0328. The molecule has 196 valence electrons. The van der Waals surface area contributed by atoms with Crippen molar-refractivity contribution in [1.29, 1.82) is 0 Å². The Balaban J connectivity index is 1.76. The molecule has 1 unspecified atom stereocenters. The zero-order valence-electron chi connectivity index (χ0n) is 21.4. The second-order valence-electron chi connectivity index (χ2n) is 9.43. The molecule has 8 heteroatoms. The molecule has 1 aliphatic heterocycles. The number of carboxylic acid groups (broad SMARTS) is 1. The fraction of sp³-hybridized carbons (Fsp3) is 0.233. The third kappa shape index (κ3) is 5.54. The molecule has 0 bridgehead atoms. The Morgan fingerprint density at radius 2 is 1.58 bits per heavy atom. The first-order valence-corrected chi connectivity index (χ1v) is 12.2. The lowest BCUT2D eigenvalue weighted by Gasteiger charge is -2.26. The van der Waals surface area contributed by atoms with Crippen molar-refractivity contribution in [2.24, 2.45) is 5.92 Å². The molecule has 0 saturated carbocycles. The molecule has 0 aromatic heterocycles. The third-order valence-corrected chi connectivity index (χ3v) is 6.21. The lowest BCUT2D eigenvalue weighted by atomic mass is 9.95. The molecular formula is C30H29NO7. The van der Waals surface area contributed by atoms with Crippen LogP contribution in [0, 0.1) is 5.92 Å². The van der Waals surface area contributed by atoms with Crippen LogP contribution in [0.2, 0.25) is 0 Å². The molecule has 3 aromatic rings. The zero-order valence-corrected chi connectivity index (χ0v) is 21.4. The fourth-order valence-electron chi connectivity index (χ4n) is 4.28. The summed E-state index contributed by atoms with van der Waals surface area (Å²) >= 11 is 0. The highest BCUT2D eigenvalue weighted by molar-refractivity contribution is 6.46. The van der Waals surface area contributed by atoms with Crippen molar-refractivity contribution in [3.05, 3.63) is 101 Å². The van der Waals surface area contributed by atoms with Gasteiger partial charge in [-0.25, -0.2) is 4.79 Å². The van der Waals surface area contributed by atoms with E-state index in [0.29, 0.717) is 40.7 Å². The van der Waals surface area contributed by atoms with Crippen LogP contribution in [0.4, 0.5) is 0 Å². The molecule has 8 nitrogen and oxygen atoms in total. The van der Waals surface area contributed by atoms with E-state index >= 15 is 0 Å². The lowest BCUT2D eigenvalue weighted by molar-refractivity contribution is -0.140. The average Bonchev–Trinajstić information content (AvgIpc) is 3.17. The van der Waals surface area contributed by atoms with Gasteiger partial charge in [-0.05, 0) is 65.6 Å². The maximum Gasteiger partial charge on any atom is 0.335 e. The van der Waals surface area contributed by atoms with Crippen LogP contribution in [0.25, 0.3) is 5.76 Å². The van der Waals surface area contributed by atoms with E-state index in [1.807, 2.05) is 13.8 Å². The first kappa shape index (κ1) is 26.5. The summed E-state index contributed by atoms with van der Waals surface area (Å²) in [6.07, 6.45) is 0. The number of nitrogens with zero attached hydrogens (tertiary/aromatic N) is 1. The normalized spacial score (nSPS) is 16.6. The summed E-state index contributed by atoms with van der Waals surface area (Å²) in [5.74, 6) is -1.42. The van der Waals surface area contributed by atoms with Gasteiger partial charge < -0.3 is 24.6 Å². The predicted octanol–water partition coefficient (Wildman–Crippen LogP) is 5.05. The van der Waals surface area contributed by atoms with Crippen LogP contribution < -0.4 is 9.47 Å². The number of aliphatic hydroxyl groups excluding tert-OH is 1. The number of likely N-dealkylation sites (tertiary alicyclic amines) is 1. The summed E-state index contributed by atoms with van der Waals surface area (Å²) in [4.78, 5) is 39.2. The van der Waals surface area contributed by atoms with Gasteiger partial charge in [-0.15, -0.1) is 0 Å². The summed E-state index contributed by atoms with van der Waals surface area (Å²) < 4.78 is 11.1. The minimum Gasteiger partial charge on any atom is -0.507 e. The highest BCUT2D eigenvalue weighted by Crippen LogP contribution is 2.41. The number of methoxy groups -OCH3 is 1. The van der Waals surface area contributed by atoms with Crippen molar-refractivity contribution in [1.82, 2.24) is 4.90 Å². The zero-order chi connectivity index (χ0) is 27.4. The maximum atomic E-state index is 13.3. The van der Waals surface area contributed by atoms with Crippen LogP contribution in [0.1, 0.15) is 46.9 Å². The quantitative estimate of drug-likeness (QED) is 0.233. The van der Waals surface area contributed by atoms with Crippen molar-refractivity contribution < 1.29 is 34.1 Å². The summed E-state index contributed by atoms with van der Waals surface area (Å²) in [6.45, 7) is 4.65. The first-order chi connectivity index (χ1) is 18.2. The van der Waals surface area contributed by atoms with Crippen LogP contribution in [-0.2, 0) is 16.1 Å². The molecule has 1 saturated heterocycles. The summed E-state index contributed by atoms with van der Waals surface area (Å²) in [6, 6.07) is 18.9. The Morgan fingerprint density at radius 3 is 2.18 bits per heavy atom. The van der Waals surface area contributed by atoms with Crippen LogP contribution in [0.15, 0.2) is 78.4 Å². The Bertz CT molecular complexity index is 1370. The number of aromatic carboxylic acids is 1. The van der Waals surface area contributed by atoms with Gasteiger partial charge in [0.05, 0.1) is 30.9 Å². The number of amides is 1. The average molecular weight is 516 g/mol. The number of carbonyl (C=O) groups excluding carboxylic acids is 2. The van der Waals surface area contributed by atoms with Gasteiger partial charge in [-0.2, -0.15) is 0 Å². The molecule has 0 aliphatic carbocycles. The van der Waals surface area contributed by atoms with Gasteiger partial charge in [0, 0.05) is 12.1 Å².